The second-order valence-electron chi connectivity index (χ2n) is 3.92. The normalized spacial score (nSPS) is 10.4. The van der Waals surface area contributed by atoms with Gasteiger partial charge < -0.3 is 4.90 Å². The molecule has 0 unspecified atom stereocenters. The molecule has 0 N–H and O–H groups in total. The monoisotopic (exact) mass is 365 g/mol. The van der Waals surface area contributed by atoms with E-state index in [1.807, 2.05) is 30.0 Å². The van der Waals surface area contributed by atoms with E-state index in [9.17, 15) is 4.79 Å². The number of nitrogens with zero attached hydrogens (tertiary/aromatic N) is 1. The molecule has 0 fully saturated rings. The van der Waals surface area contributed by atoms with Gasteiger partial charge in [0.15, 0.2) is 0 Å². The third kappa shape index (κ3) is 3.85. The lowest BCUT2D eigenvalue weighted by Gasteiger charge is -2.22. The molecule has 0 saturated carbocycles. The van der Waals surface area contributed by atoms with Crippen LogP contribution in [-0.2, 0) is 0 Å². The maximum absolute atomic E-state index is 12.4. The molecule has 17 heavy (non-hydrogen) atoms. The van der Waals surface area contributed by atoms with Gasteiger partial charge in [-0.1, -0.05) is 19.1 Å². The first-order valence-corrected chi connectivity index (χ1v) is 7.33. The average Bonchev–Trinajstić information content (AvgIpc) is 2.31. The average molecular weight is 366 g/mol. The van der Waals surface area contributed by atoms with Crippen LogP contribution in [0.2, 0.25) is 0 Å². The van der Waals surface area contributed by atoms with Crippen LogP contribution >= 0.6 is 34.2 Å². The molecule has 0 heterocycles. The number of hydrogen-bond acceptors (Lipinski definition) is 1. The molecule has 0 aromatic heterocycles. The fourth-order valence-electron chi connectivity index (χ4n) is 1.67. The molecule has 94 valence electrons. The van der Waals surface area contributed by atoms with Crippen molar-refractivity contribution in [2.75, 3.05) is 19.0 Å². The highest BCUT2D eigenvalue weighted by Gasteiger charge is 2.17. The van der Waals surface area contributed by atoms with Crippen LogP contribution in [0.15, 0.2) is 18.2 Å². The van der Waals surface area contributed by atoms with Gasteiger partial charge in [0.2, 0.25) is 0 Å². The standard InChI is InChI=1S/C13H17ClINO/c1-3-8-16(9-7-14)13(17)11-6-4-5-10(2)12(11)15/h4-6H,3,7-9H2,1-2H3. The second kappa shape index (κ2) is 7.21. The van der Waals surface area contributed by atoms with E-state index >= 15 is 0 Å². The summed E-state index contributed by atoms with van der Waals surface area (Å²) in [6.07, 6.45) is 0.949. The zero-order valence-corrected chi connectivity index (χ0v) is 13.1. The molecule has 1 amide bonds. The highest BCUT2D eigenvalue weighted by molar-refractivity contribution is 14.1. The van der Waals surface area contributed by atoms with Gasteiger partial charge in [0.1, 0.15) is 0 Å². The molecule has 0 aliphatic heterocycles. The van der Waals surface area contributed by atoms with Crippen molar-refractivity contribution in [2.45, 2.75) is 20.3 Å². The molecule has 2 nitrogen and oxygen atoms in total. The fourth-order valence-corrected chi connectivity index (χ4v) is 2.46. The van der Waals surface area contributed by atoms with E-state index in [1.54, 1.807) is 0 Å². The van der Waals surface area contributed by atoms with Crippen LogP contribution in [0.5, 0.6) is 0 Å². The summed E-state index contributed by atoms with van der Waals surface area (Å²) in [7, 11) is 0. The Morgan fingerprint density at radius 1 is 1.41 bits per heavy atom. The summed E-state index contributed by atoms with van der Waals surface area (Å²) in [6.45, 7) is 5.45. The summed E-state index contributed by atoms with van der Waals surface area (Å²) in [4.78, 5) is 14.2. The van der Waals surface area contributed by atoms with E-state index in [0.717, 1.165) is 27.7 Å². The summed E-state index contributed by atoms with van der Waals surface area (Å²) in [5, 5.41) is 0. The minimum absolute atomic E-state index is 0.0839. The van der Waals surface area contributed by atoms with Crippen LogP contribution < -0.4 is 0 Å². The Bertz CT molecular complexity index is 389. The van der Waals surface area contributed by atoms with Gasteiger partial charge in [0.25, 0.3) is 5.91 Å². The SMILES string of the molecule is CCCN(CCCl)C(=O)c1cccc(C)c1I. The quantitative estimate of drug-likeness (QED) is 0.576. The van der Waals surface area contributed by atoms with Crippen molar-refractivity contribution in [2.24, 2.45) is 0 Å². The van der Waals surface area contributed by atoms with Crippen LogP contribution in [0.25, 0.3) is 0 Å². The maximum Gasteiger partial charge on any atom is 0.254 e. The number of carbonyl (C=O) groups excluding carboxylic acids is 1. The third-order valence-corrected chi connectivity index (χ3v) is 4.16. The van der Waals surface area contributed by atoms with Crippen LogP contribution in [0.4, 0.5) is 0 Å². The molecule has 1 aromatic rings. The Hall–Kier alpha value is -0.290. The lowest BCUT2D eigenvalue weighted by molar-refractivity contribution is 0.0764. The molecule has 0 bridgehead atoms. The van der Waals surface area contributed by atoms with Gasteiger partial charge in [0, 0.05) is 22.5 Å². The Balaban J connectivity index is 2.96. The predicted molar refractivity (Wildman–Crippen MR) is 80.8 cm³/mol. The van der Waals surface area contributed by atoms with Crippen molar-refractivity contribution in [3.05, 3.63) is 32.9 Å². The van der Waals surface area contributed by atoms with Crippen molar-refractivity contribution < 1.29 is 4.79 Å². The highest BCUT2D eigenvalue weighted by atomic mass is 127. The molecule has 1 rings (SSSR count). The Morgan fingerprint density at radius 3 is 2.71 bits per heavy atom. The summed E-state index contributed by atoms with van der Waals surface area (Å²) in [5.74, 6) is 0.564. The van der Waals surface area contributed by atoms with Gasteiger partial charge in [-0.05, 0) is 47.6 Å². The molecular formula is C13H17ClINO. The molecule has 0 aliphatic carbocycles. The number of amides is 1. The van der Waals surface area contributed by atoms with Crippen LogP contribution in [-0.4, -0.2) is 29.8 Å². The molecule has 4 heteroatoms. The summed E-state index contributed by atoms with van der Waals surface area (Å²) in [5.41, 5.74) is 1.92. The molecular weight excluding hydrogens is 349 g/mol. The van der Waals surface area contributed by atoms with E-state index in [4.69, 9.17) is 11.6 Å². The number of aryl methyl sites for hydroxylation is 1. The summed E-state index contributed by atoms with van der Waals surface area (Å²) >= 11 is 7.97. The Kier molecular flexibility index (Phi) is 6.27. The van der Waals surface area contributed by atoms with Crippen molar-refractivity contribution >= 4 is 40.1 Å². The van der Waals surface area contributed by atoms with Crippen molar-refractivity contribution in [3.63, 3.8) is 0 Å². The predicted octanol–water partition coefficient (Wildman–Crippen LogP) is 3.69. The molecule has 0 saturated heterocycles. The first-order chi connectivity index (χ1) is 8.11. The van der Waals surface area contributed by atoms with Crippen LogP contribution in [0.1, 0.15) is 29.3 Å². The van der Waals surface area contributed by atoms with E-state index in [-0.39, 0.29) is 5.91 Å². The first-order valence-electron chi connectivity index (χ1n) is 5.72. The van der Waals surface area contributed by atoms with Crippen LogP contribution in [0.3, 0.4) is 0 Å². The minimum atomic E-state index is 0.0839. The zero-order valence-electron chi connectivity index (χ0n) is 10.2. The number of hydrogen-bond donors (Lipinski definition) is 0. The number of rotatable bonds is 5. The van der Waals surface area contributed by atoms with E-state index < -0.39 is 0 Å². The molecule has 0 radical (unpaired) electrons. The topological polar surface area (TPSA) is 20.3 Å². The minimum Gasteiger partial charge on any atom is -0.337 e. The number of alkyl halides is 1. The van der Waals surface area contributed by atoms with E-state index in [2.05, 4.69) is 29.5 Å². The van der Waals surface area contributed by atoms with E-state index in [1.165, 1.54) is 0 Å². The Morgan fingerprint density at radius 2 is 2.12 bits per heavy atom. The highest BCUT2D eigenvalue weighted by Crippen LogP contribution is 2.18. The fraction of sp³-hybridized carbons (Fsp3) is 0.462. The largest absolute Gasteiger partial charge is 0.337 e. The zero-order chi connectivity index (χ0) is 12.8. The van der Waals surface area contributed by atoms with Gasteiger partial charge in [0.05, 0.1) is 5.56 Å². The molecule has 1 aromatic carbocycles. The van der Waals surface area contributed by atoms with Crippen molar-refractivity contribution in [1.82, 2.24) is 4.90 Å². The smallest absolute Gasteiger partial charge is 0.254 e. The second-order valence-corrected chi connectivity index (χ2v) is 5.37. The maximum atomic E-state index is 12.4. The van der Waals surface area contributed by atoms with Gasteiger partial charge in [-0.15, -0.1) is 11.6 Å². The van der Waals surface area contributed by atoms with Crippen molar-refractivity contribution in [1.29, 1.82) is 0 Å². The Labute approximate surface area is 121 Å². The van der Waals surface area contributed by atoms with Gasteiger partial charge in [-0.3, -0.25) is 4.79 Å². The lowest BCUT2D eigenvalue weighted by atomic mass is 10.1. The molecule has 0 spiro atoms. The van der Waals surface area contributed by atoms with Gasteiger partial charge in [-0.25, -0.2) is 0 Å². The first kappa shape index (κ1) is 14.8. The van der Waals surface area contributed by atoms with Gasteiger partial charge >= 0.3 is 0 Å². The summed E-state index contributed by atoms with van der Waals surface area (Å²) < 4.78 is 1.03. The van der Waals surface area contributed by atoms with Crippen LogP contribution in [0, 0.1) is 10.5 Å². The number of halogens is 2. The number of carbonyl (C=O) groups is 1. The number of benzene rings is 1. The van der Waals surface area contributed by atoms with Gasteiger partial charge in [-0.2, -0.15) is 0 Å². The molecule has 0 aliphatic rings. The third-order valence-electron chi connectivity index (χ3n) is 2.56. The molecule has 0 atom stereocenters. The van der Waals surface area contributed by atoms with E-state index in [0.29, 0.717) is 12.4 Å². The van der Waals surface area contributed by atoms with Crippen molar-refractivity contribution in [3.8, 4) is 0 Å². The lowest BCUT2D eigenvalue weighted by Crippen LogP contribution is -2.34. The summed E-state index contributed by atoms with van der Waals surface area (Å²) in [6, 6.07) is 5.83.